The van der Waals surface area contributed by atoms with Gasteiger partial charge in [-0.25, -0.2) is 0 Å². The maximum absolute atomic E-state index is 12.6. The molecule has 1 rings (SSSR count). The van der Waals surface area contributed by atoms with E-state index in [4.69, 9.17) is 0 Å². The van der Waals surface area contributed by atoms with E-state index in [9.17, 15) is 22.0 Å². The van der Waals surface area contributed by atoms with Gasteiger partial charge in [0.2, 0.25) is 0 Å². The molecule has 0 aromatic rings. The summed E-state index contributed by atoms with van der Waals surface area (Å²) >= 11 is -0.308. The largest absolute Gasteiger partial charge is 0.464 e. The molecule has 1 atom stereocenters. The van der Waals surface area contributed by atoms with Crippen molar-refractivity contribution in [3.8, 4) is 0 Å². The van der Waals surface area contributed by atoms with Gasteiger partial charge in [0, 0.05) is 0 Å². The number of hydrogen-bond acceptors (Lipinski definition) is 2. The van der Waals surface area contributed by atoms with Crippen LogP contribution in [0, 0.1) is 0 Å². The highest BCUT2D eigenvalue weighted by Crippen LogP contribution is 2.48. The lowest BCUT2D eigenvalue weighted by atomic mass is 10.4. The summed E-state index contributed by atoms with van der Waals surface area (Å²) in [4.78, 5) is 1.52. The van der Waals surface area contributed by atoms with Gasteiger partial charge in [0.05, 0.1) is 5.37 Å². The van der Waals surface area contributed by atoms with Crippen molar-refractivity contribution in [3.05, 3.63) is 0 Å². The fraction of sp³-hybridized carbons (Fsp3) is 1.00. The molecule has 1 aliphatic rings. The van der Waals surface area contributed by atoms with Crippen LogP contribution in [0.2, 0.25) is 0 Å². The molecule has 1 unspecified atom stereocenters. The second kappa shape index (κ2) is 3.84. The van der Waals surface area contributed by atoms with Gasteiger partial charge in [0.1, 0.15) is 0 Å². The molecule has 1 fully saturated rings. The van der Waals surface area contributed by atoms with E-state index in [2.05, 4.69) is 0 Å². The Morgan fingerprint density at radius 1 is 1.21 bits per heavy atom. The summed E-state index contributed by atoms with van der Waals surface area (Å²) in [5, 5.41) is -5.37. The Hall–Kier alpha value is -0.0400. The molecule has 0 aliphatic carbocycles. The monoisotopic (exact) mass is 235 g/mol. The Morgan fingerprint density at radius 3 is 2.14 bits per heavy atom. The van der Waals surface area contributed by atoms with Crippen molar-refractivity contribution < 1.29 is 22.0 Å². The number of rotatable bonds is 2. The quantitative estimate of drug-likeness (QED) is 0.677. The van der Waals surface area contributed by atoms with Crippen LogP contribution in [-0.2, 0) is 0 Å². The van der Waals surface area contributed by atoms with Crippen molar-refractivity contribution in [1.82, 2.24) is 4.90 Å². The number of hydrogen-bond donors (Lipinski definition) is 0. The molecule has 1 nitrogen and oxygen atoms in total. The fourth-order valence-corrected chi connectivity index (χ4v) is 2.31. The highest BCUT2D eigenvalue weighted by molar-refractivity contribution is 8.00. The molecule has 0 bridgehead atoms. The van der Waals surface area contributed by atoms with Gasteiger partial charge >= 0.3 is 11.4 Å². The van der Waals surface area contributed by atoms with Crippen molar-refractivity contribution in [2.75, 3.05) is 13.6 Å². The van der Waals surface area contributed by atoms with E-state index in [0.29, 0.717) is 19.4 Å². The molecule has 0 radical (unpaired) electrons. The Balaban J connectivity index is 2.58. The second-order valence-electron chi connectivity index (χ2n) is 3.21. The number of thioether (sulfide) groups is 1. The minimum Gasteiger partial charge on any atom is -0.294 e. The zero-order valence-electron chi connectivity index (χ0n) is 7.44. The molecule has 0 aromatic carbocycles. The van der Waals surface area contributed by atoms with Gasteiger partial charge in [-0.05, 0) is 26.4 Å². The van der Waals surface area contributed by atoms with Gasteiger partial charge in [-0.2, -0.15) is 22.0 Å². The molecule has 1 aliphatic heterocycles. The van der Waals surface area contributed by atoms with Crippen LogP contribution in [0.3, 0.4) is 0 Å². The first kappa shape index (κ1) is 12.0. The maximum atomic E-state index is 12.6. The standard InChI is InChI=1S/C7H10F5NS/c1-13-4-2-3-5(13)14-7(11,12)6(8,9)10/h5H,2-4H2,1H3. The van der Waals surface area contributed by atoms with Gasteiger partial charge in [0.15, 0.2) is 0 Å². The Kier molecular flexibility index (Phi) is 3.30. The number of halogens is 5. The van der Waals surface area contributed by atoms with Crippen molar-refractivity contribution >= 4 is 11.8 Å². The van der Waals surface area contributed by atoms with Crippen molar-refractivity contribution in [2.24, 2.45) is 0 Å². The highest BCUT2D eigenvalue weighted by Gasteiger charge is 2.59. The van der Waals surface area contributed by atoms with E-state index in [1.807, 2.05) is 0 Å². The van der Waals surface area contributed by atoms with E-state index in [0.717, 1.165) is 0 Å². The third-order valence-electron chi connectivity index (χ3n) is 2.07. The SMILES string of the molecule is CN1CCCC1SC(F)(F)C(F)(F)F. The molecular weight excluding hydrogens is 225 g/mol. The van der Waals surface area contributed by atoms with E-state index in [1.165, 1.54) is 4.90 Å². The molecule has 0 aromatic heterocycles. The lowest BCUT2D eigenvalue weighted by Gasteiger charge is -2.25. The van der Waals surface area contributed by atoms with Crippen LogP contribution in [0.1, 0.15) is 12.8 Å². The second-order valence-corrected chi connectivity index (χ2v) is 4.50. The van der Waals surface area contributed by atoms with E-state index >= 15 is 0 Å². The summed E-state index contributed by atoms with van der Waals surface area (Å²) in [7, 11) is 1.55. The fourth-order valence-electron chi connectivity index (χ4n) is 1.27. The molecule has 0 N–H and O–H groups in total. The summed E-state index contributed by atoms with van der Waals surface area (Å²) in [6, 6.07) is 0. The number of nitrogens with zero attached hydrogens (tertiary/aromatic N) is 1. The molecule has 1 saturated heterocycles. The Morgan fingerprint density at radius 2 is 1.79 bits per heavy atom. The van der Waals surface area contributed by atoms with Crippen LogP contribution in [-0.4, -0.2) is 35.3 Å². The van der Waals surface area contributed by atoms with Gasteiger partial charge < -0.3 is 0 Å². The lowest BCUT2D eigenvalue weighted by molar-refractivity contribution is -0.238. The molecule has 0 saturated carbocycles. The summed E-state index contributed by atoms with van der Waals surface area (Å²) in [5.41, 5.74) is 0. The number of likely N-dealkylation sites (tertiary alicyclic amines) is 1. The van der Waals surface area contributed by atoms with Crippen LogP contribution in [0.25, 0.3) is 0 Å². The molecular formula is C7H10F5NS. The van der Waals surface area contributed by atoms with Crippen LogP contribution in [0.15, 0.2) is 0 Å². The molecule has 0 amide bonds. The highest BCUT2D eigenvalue weighted by atomic mass is 32.2. The van der Waals surface area contributed by atoms with E-state index in [-0.39, 0.29) is 11.8 Å². The summed E-state index contributed by atoms with van der Waals surface area (Å²) in [6.45, 7) is 0.575. The predicted molar refractivity (Wildman–Crippen MR) is 44.2 cm³/mol. The Bertz CT molecular complexity index is 205. The zero-order valence-corrected chi connectivity index (χ0v) is 8.26. The van der Waals surface area contributed by atoms with Crippen LogP contribution in [0.5, 0.6) is 0 Å². The van der Waals surface area contributed by atoms with E-state index in [1.54, 1.807) is 7.05 Å². The summed E-state index contributed by atoms with van der Waals surface area (Å²) < 4.78 is 60.6. The first-order chi connectivity index (χ1) is 6.24. The minimum absolute atomic E-state index is 0.308. The smallest absolute Gasteiger partial charge is 0.294 e. The zero-order chi connectivity index (χ0) is 11.0. The van der Waals surface area contributed by atoms with Crippen molar-refractivity contribution in [1.29, 1.82) is 0 Å². The lowest BCUT2D eigenvalue weighted by Crippen LogP contribution is -2.37. The summed E-state index contributed by atoms with van der Waals surface area (Å²) in [6.07, 6.45) is -4.41. The first-order valence-corrected chi connectivity index (χ1v) is 4.94. The molecule has 0 spiro atoms. The van der Waals surface area contributed by atoms with E-state index < -0.39 is 16.8 Å². The minimum atomic E-state index is -5.46. The molecule has 84 valence electrons. The predicted octanol–water partition coefficient (Wildman–Crippen LogP) is 2.93. The van der Waals surface area contributed by atoms with Crippen molar-refractivity contribution in [3.63, 3.8) is 0 Å². The third kappa shape index (κ3) is 2.50. The summed E-state index contributed by atoms with van der Waals surface area (Å²) in [5.74, 6) is 0. The topological polar surface area (TPSA) is 3.24 Å². The van der Waals surface area contributed by atoms with Gasteiger partial charge in [0.25, 0.3) is 0 Å². The van der Waals surface area contributed by atoms with Crippen molar-refractivity contribution in [2.45, 2.75) is 29.6 Å². The molecule has 14 heavy (non-hydrogen) atoms. The van der Waals surface area contributed by atoms with Crippen LogP contribution >= 0.6 is 11.8 Å². The van der Waals surface area contributed by atoms with Crippen LogP contribution < -0.4 is 0 Å². The number of alkyl halides is 5. The van der Waals surface area contributed by atoms with Crippen LogP contribution in [0.4, 0.5) is 22.0 Å². The normalized spacial score (nSPS) is 25.7. The molecule has 7 heteroatoms. The third-order valence-corrected chi connectivity index (χ3v) is 3.46. The molecule has 1 heterocycles. The average molecular weight is 235 g/mol. The van der Waals surface area contributed by atoms with Gasteiger partial charge in [-0.1, -0.05) is 11.8 Å². The first-order valence-electron chi connectivity index (χ1n) is 4.06. The Labute approximate surface area is 82.6 Å². The van der Waals surface area contributed by atoms with Gasteiger partial charge in [-0.3, -0.25) is 4.90 Å². The average Bonchev–Trinajstić information content (AvgIpc) is 2.33. The maximum Gasteiger partial charge on any atom is 0.464 e. The van der Waals surface area contributed by atoms with Gasteiger partial charge in [-0.15, -0.1) is 0 Å².